The van der Waals surface area contributed by atoms with E-state index in [4.69, 9.17) is 13.8 Å². The van der Waals surface area contributed by atoms with Crippen molar-refractivity contribution in [3.8, 4) is 0 Å². The molecule has 0 aliphatic carbocycles. The van der Waals surface area contributed by atoms with Crippen LogP contribution in [0.3, 0.4) is 0 Å². The van der Waals surface area contributed by atoms with Gasteiger partial charge in [-0.25, -0.2) is 0 Å². The predicted octanol–water partition coefficient (Wildman–Crippen LogP) is 20.2. The number of rotatable bonds is 60. The van der Waals surface area contributed by atoms with Gasteiger partial charge in [0.15, 0.2) is 0 Å². The Labute approximate surface area is 489 Å². The number of quaternary nitrogens is 1. The summed E-state index contributed by atoms with van der Waals surface area (Å²) in [6.45, 7) is 6.81. The quantitative estimate of drug-likeness (QED) is 0.0212. The molecule has 0 aromatic rings. The van der Waals surface area contributed by atoms with Crippen LogP contribution in [0.1, 0.15) is 303 Å². The zero-order valence-corrected chi connectivity index (χ0v) is 53.5. The number of amides is 1. The van der Waals surface area contributed by atoms with Crippen molar-refractivity contribution in [1.29, 1.82) is 0 Å². The number of allylic oxidation sites excluding steroid dienone is 11. The Hall–Kier alpha value is -2.55. The smallest absolute Gasteiger partial charge is 0.306 e. The highest BCUT2D eigenvalue weighted by atomic mass is 31.2. The van der Waals surface area contributed by atoms with Crippen molar-refractivity contribution in [2.24, 2.45) is 0 Å². The van der Waals surface area contributed by atoms with Crippen LogP contribution >= 0.6 is 7.82 Å². The highest BCUT2D eigenvalue weighted by Gasteiger charge is 2.27. The zero-order valence-electron chi connectivity index (χ0n) is 52.6. The summed E-state index contributed by atoms with van der Waals surface area (Å²) in [6.07, 6.45) is 75.9. The van der Waals surface area contributed by atoms with Gasteiger partial charge in [0.25, 0.3) is 7.82 Å². The third kappa shape index (κ3) is 59.9. The molecule has 0 rings (SSSR count). The van der Waals surface area contributed by atoms with Gasteiger partial charge in [-0.1, -0.05) is 261 Å². The fourth-order valence-electron chi connectivity index (χ4n) is 9.44. The molecule has 0 heterocycles. The van der Waals surface area contributed by atoms with Crippen LogP contribution in [0.15, 0.2) is 72.9 Å². The van der Waals surface area contributed by atoms with Crippen molar-refractivity contribution in [1.82, 2.24) is 5.32 Å². The molecule has 0 aliphatic rings. The van der Waals surface area contributed by atoms with E-state index in [-0.39, 0.29) is 24.9 Å². The normalized spacial score (nSPS) is 14.1. The number of unbranched alkanes of at least 4 members (excludes halogenated alkanes) is 34. The summed E-state index contributed by atoms with van der Waals surface area (Å²) in [7, 11) is 1.18. The van der Waals surface area contributed by atoms with Gasteiger partial charge in [0.05, 0.1) is 33.8 Å². The Kier molecular flexibility index (Phi) is 56.7. The molecule has 3 unspecified atom stereocenters. The van der Waals surface area contributed by atoms with Gasteiger partial charge in [0, 0.05) is 12.8 Å². The molecule has 0 saturated heterocycles. The lowest BCUT2D eigenvalue weighted by Crippen LogP contribution is -2.47. The van der Waals surface area contributed by atoms with Gasteiger partial charge in [-0.15, -0.1) is 0 Å². The third-order valence-electron chi connectivity index (χ3n) is 14.6. The average Bonchev–Trinajstić information content (AvgIpc) is 3.41. The Balaban J connectivity index is 5.04. The molecular formula is C69H127N2O7P. The topological polar surface area (TPSA) is 114 Å². The van der Waals surface area contributed by atoms with Crippen molar-refractivity contribution < 1.29 is 37.3 Å². The number of carbonyl (C=O) groups excluding carboxylic acids is 2. The molecule has 79 heavy (non-hydrogen) atoms. The predicted molar refractivity (Wildman–Crippen MR) is 339 cm³/mol. The number of nitrogens with one attached hydrogen (secondary N) is 1. The van der Waals surface area contributed by atoms with Crippen molar-refractivity contribution in [2.45, 2.75) is 315 Å². The van der Waals surface area contributed by atoms with E-state index in [1.165, 1.54) is 180 Å². The minimum atomic E-state index is -4.70. The van der Waals surface area contributed by atoms with Gasteiger partial charge in [-0.3, -0.25) is 14.2 Å². The molecule has 0 saturated carbocycles. The monoisotopic (exact) mass is 1130 g/mol. The van der Waals surface area contributed by atoms with Crippen LogP contribution < -0.4 is 10.2 Å². The second-order valence-electron chi connectivity index (χ2n) is 23.6. The standard InChI is InChI=1S/C69H127N2O7P/c1-7-10-13-16-19-22-25-27-29-30-31-32-33-34-35-36-37-38-39-40-42-44-47-50-53-56-59-62-69(73)78-67(60-57-54-51-48-45-24-21-18-15-12-9-3)66(65-77-79(74,75)76-64-63-71(4,5)6)70-68(72)61-58-55-52-49-46-43-41-28-26-23-20-17-14-11-8-2/h19,22-23,26-27,29,31-32,34-35,57,60,66-67H,7-18,20-21,24-25,28,30,33,36-56,58-59,61-65H2,1-6H3,(H-,70,72,74,75)/b22-19-,26-23-,29-27-,32-31-,35-34-,60-57-. The first-order chi connectivity index (χ1) is 38.4. The van der Waals surface area contributed by atoms with E-state index in [0.717, 1.165) is 89.9 Å². The molecule has 0 spiro atoms. The fourth-order valence-corrected chi connectivity index (χ4v) is 10.2. The van der Waals surface area contributed by atoms with Crippen LogP contribution in [0.2, 0.25) is 0 Å². The van der Waals surface area contributed by atoms with E-state index in [9.17, 15) is 19.0 Å². The van der Waals surface area contributed by atoms with E-state index in [1.807, 2.05) is 33.3 Å². The summed E-state index contributed by atoms with van der Waals surface area (Å²) in [5, 5.41) is 3.03. The van der Waals surface area contributed by atoms with Gasteiger partial charge >= 0.3 is 5.97 Å². The van der Waals surface area contributed by atoms with Crippen LogP contribution in [0.25, 0.3) is 0 Å². The Morgan fingerprint density at radius 2 is 0.772 bits per heavy atom. The summed E-state index contributed by atoms with van der Waals surface area (Å²) in [5.41, 5.74) is 0. The summed E-state index contributed by atoms with van der Waals surface area (Å²) >= 11 is 0. The summed E-state index contributed by atoms with van der Waals surface area (Å²) in [4.78, 5) is 40.0. The molecule has 0 bridgehead atoms. The Morgan fingerprint density at radius 3 is 1.20 bits per heavy atom. The second kappa shape index (κ2) is 58.6. The number of hydrogen-bond acceptors (Lipinski definition) is 7. The van der Waals surface area contributed by atoms with Crippen LogP contribution in [0.4, 0.5) is 0 Å². The van der Waals surface area contributed by atoms with Gasteiger partial charge in [-0.05, 0) is 102 Å². The Bertz CT molecular complexity index is 1580. The van der Waals surface area contributed by atoms with Crippen molar-refractivity contribution in [3.05, 3.63) is 72.9 Å². The highest BCUT2D eigenvalue weighted by molar-refractivity contribution is 7.45. The van der Waals surface area contributed by atoms with E-state index < -0.39 is 26.6 Å². The van der Waals surface area contributed by atoms with E-state index in [0.29, 0.717) is 17.4 Å². The SMILES string of the molecule is CCCCC/C=C\C/C=C\C/C=C\C/C=C\CCCCCCCCCCCCCC(=O)OC(/C=C\CCCCCCCCCCC)C(COP(=O)([O-])OCC[N+](C)(C)C)NC(=O)CCCCCCCCC/C=C\CCCCCC. The number of hydrogen-bond donors (Lipinski definition) is 1. The second-order valence-corrected chi connectivity index (χ2v) is 25.0. The molecule has 3 atom stereocenters. The molecule has 0 fully saturated rings. The first-order valence-corrected chi connectivity index (χ1v) is 34.7. The molecular weight excluding hydrogens is 1000 g/mol. The van der Waals surface area contributed by atoms with Gasteiger partial charge in [0.1, 0.15) is 19.3 Å². The van der Waals surface area contributed by atoms with Crippen molar-refractivity contribution in [2.75, 3.05) is 40.9 Å². The maximum absolute atomic E-state index is 13.5. The number of ether oxygens (including phenoxy) is 1. The molecule has 0 aromatic carbocycles. The number of esters is 1. The van der Waals surface area contributed by atoms with Crippen molar-refractivity contribution in [3.63, 3.8) is 0 Å². The molecule has 10 heteroatoms. The third-order valence-corrected chi connectivity index (χ3v) is 15.6. The van der Waals surface area contributed by atoms with Crippen LogP contribution in [0.5, 0.6) is 0 Å². The molecule has 9 nitrogen and oxygen atoms in total. The maximum Gasteiger partial charge on any atom is 0.306 e. The van der Waals surface area contributed by atoms with E-state index in [2.05, 4.69) is 86.8 Å². The molecule has 460 valence electrons. The van der Waals surface area contributed by atoms with Crippen LogP contribution in [0, 0.1) is 0 Å². The first-order valence-electron chi connectivity index (χ1n) is 33.2. The maximum atomic E-state index is 13.5. The minimum Gasteiger partial charge on any atom is -0.756 e. The summed E-state index contributed by atoms with van der Waals surface area (Å²) in [5.74, 6) is -0.545. The van der Waals surface area contributed by atoms with E-state index in [1.54, 1.807) is 0 Å². The summed E-state index contributed by atoms with van der Waals surface area (Å²) in [6, 6.07) is -0.893. The first kappa shape index (κ1) is 76.5. The average molecular weight is 1130 g/mol. The zero-order chi connectivity index (χ0) is 57.9. The van der Waals surface area contributed by atoms with Crippen LogP contribution in [-0.4, -0.2) is 69.4 Å². The molecule has 0 aromatic heterocycles. The van der Waals surface area contributed by atoms with Gasteiger partial charge in [0.2, 0.25) is 5.91 Å². The lowest BCUT2D eigenvalue weighted by atomic mass is 10.0. The number of phosphoric acid groups is 1. The molecule has 1 N–H and O–H groups in total. The van der Waals surface area contributed by atoms with E-state index >= 15 is 0 Å². The minimum absolute atomic E-state index is 0.0249. The summed E-state index contributed by atoms with van der Waals surface area (Å²) < 4.78 is 30.3. The van der Waals surface area contributed by atoms with Gasteiger partial charge < -0.3 is 28.5 Å². The fraction of sp³-hybridized carbons (Fsp3) is 0.797. The number of carbonyl (C=O) groups is 2. The molecule has 1 amide bonds. The van der Waals surface area contributed by atoms with Crippen molar-refractivity contribution >= 4 is 19.7 Å². The lowest BCUT2D eigenvalue weighted by Gasteiger charge is -2.30. The highest BCUT2D eigenvalue weighted by Crippen LogP contribution is 2.38. The number of phosphoric ester groups is 1. The largest absolute Gasteiger partial charge is 0.756 e. The molecule has 0 radical (unpaired) electrons. The number of nitrogens with zero attached hydrogens (tertiary/aromatic N) is 1. The lowest BCUT2D eigenvalue weighted by molar-refractivity contribution is -0.870. The molecule has 0 aliphatic heterocycles. The van der Waals surface area contributed by atoms with Crippen LogP contribution in [-0.2, 0) is 27.9 Å². The van der Waals surface area contributed by atoms with Gasteiger partial charge in [-0.2, -0.15) is 0 Å². The Morgan fingerprint density at radius 1 is 0.443 bits per heavy atom. The number of likely N-dealkylation sites (N-methyl/N-ethyl adjacent to an activating group) is 1.